The predicted molar refractivity (Wildman–Crippen MR) is 50.0 cm³/mol. The molecular weight excluding hydrogens is 249 g/mol. The van der Waals surface area contributed by atoms with Crippen LogP contribution in [-0.2, 0) is 0 Å². The summed E-state index contributed by atoms with van der Waals surface area (Å²) in [4.78, 5) is 10.7. The summed E-state index contributed by atoms with van der Waals surface area (Å²) in [5, 5.41) is 8.78. The van der Waals surface area contributed by atoms with Crippen LogP contribution in [0.1, 0.15) is 10.4 Å². The third-order valence-electron chi connectivity index (χ3n) is 1.57. The number of alkyl halides is 3. The van der Waals surface area contributed by atoms with Gasteiger partial charge < -0.3 is 9.84 Å². The molecule has 3 nitrogen and oxygen atoms in total. The van der Waals surface area contributed by atoms with E-state index in [0.29, 0.717) is 0 Å². The van der Waals surface area contributed by atoms with Gasteiger partial charge in [-0.25, -0.2) is 4.79 Å². The van der Waals surface area contributed by atoms with E-state index in [9.17, 15) is 18.0 Å². The molecule has 0 heterocycles. The lowest BCUT2D eigenvalue weighted by atomic mass is 10.2. The lowest BCUT2D eigenvalue weighted by Crippen LogP contribution is -2.20. The molecule has 88 valence electrons. The van der Waals surface area contributed by atoms with Crippen molar-refractivity contribution in [3.8, 4) is 5.75 Å². The summed E-state index contributed by atoms with van der Waals surface area (Å²) in [7, 11) is 0. The second-order valence-corrected chi connectivity index (χ2v) is 3.29. The number of carboxylic acids is 1. The quantitative estimate of drug-likeness (QED) is 0.902. The molecule has 0 bridgehead atoms. The second kappa shape index (κ2) is 4.61. The molecule has 0 unspecified atom stereocenters. The fourth-order valence-corrected chi connectivity index (χ4v) is 1.11. The lowest BCUT2D eigenvalue weighted by Gasteiger charge is -2.11. The molecular formula is C9H6ClF3O3. The van der Waals surface area contributed by atoms with Crippen LogP contribution in [0, 0.1) is 0 Å². The molecule has 0 aliphatic carbocycles. The molecule has 0 aliphatic heterocycles. The van der Waals surface area contributed by atoms with Gasteiger partial charge in [0.05, 0.1) is 0 Å². The Labute approximate surface area is 93.4 Å². The van der Waals surface area contributed by atoms with Crippen molar-refractivity contribution in [2.24, 2.45) is 0 Å². The number of carbonyl (C=O) groups is 1. The molecule has 1 aromatic carbocycles. The van der Waals surface area contributed by atoms with Gasteiger partial charge in [-0.15, -0.1) is 0 Å². The number of rotatable bonds is 3. The number of carboxylic acid groups (broad SMARTS) is 1. The molecule has 0 saturated heterocycles. The van der Waals surface area contributed by atoms with E-state index in [1.165, 1.54) is 6.07 Å². The van der Waals surface area contributed by atoms with Crippen LogP contribution in [0.5, 0.6) is 5.75 Å². The van der Waals surface area contributed by atoms with Crippen molar-refractivity contribution in [2.45, 2.75) is 6.18 Å². The van der Waals surface area contributed by atoms with Gasteiger partial charge in [-0.3, -0.25) is 0 Å². The number of hydrogen-bond donors (Lipinski definition) is 1. The molecule has 0 radical (unpaired) electrons. The Balaban J connectivity index is 2.93. The summed E-state index contributed by atoms with van der Waals surface area (Å²) in [6.45, 7) is -1.56. The van der Waals surface area contributed by atoms with Crippen molar-refractivity contribution >= 4 is 17.6 Å². The van der Waals surface area contributed by atoms with Gasteiger partial charge in [0, 0.05) is 5.02 Å². The Morgan fingerprint density at radius 1 is 1.44 bits per heavy atom. The van der Waals surface area contributed by atoms with Crippen molar-refractivity contribution in [1.82, 2.24) is 0 Å². The third kappa shape index (κ3) is 3.62. The zero-order chi connectivity index (χ0) is 12.3. The van der Waals surface area contributed by atoms with Gasteiger partial charge in [-0.05, 0) is 18.2 Å². The summed E-state index contributed by atoms with van der Waals surface area (Å²) in [6, 6.07) is 3.36. The van der Waals surface area contributed by atoms with Gasteiger partial charge in [0.1, 0.15) is 11.3 Å². The number of benzene rings is 1. The van der Waals surface area contributed by atoms with Crippen molar-refractivity contribution < 1.29 is 27.8 Å². The lowest BCUT2D eigenvalue weighted by molar-refractivity contribution is -0.153. The Kier molecular flexibility index (Phi) is 3.64. The minimum Gasteiger partial charge on any atom is -0.483 e. The van der Waals surface area contributed by atoms with E-state index in [4.69, 9.17) is 16.7 Å². The highest BCUT2D eigenvalue weighted by Crippen LogP contribution is 2.25. The van der Waals surface area contributed by atoms with Crippen molar-refractivity contribution in [1.29, 1.82) is 0 Å². The number of halogens is 4. The fourth-order valence-electron chi connectivity index (χ4n) is 0.952. The minimum absolute atomic E-state index is 0.0992. The van der Waals surface area contributed by atoms with Gasteiger partial charge in [0.2, 0.25) is 0 Å². The van der Waals surface area contributed by atoms with Crippen LogP contribution in [0.3, 0.4) is 0 Å². The van der Waals surface area contributed by atoms with Crippen molar-refractivity contribution in [2.75, 3.05) is 6.61 Å². The molecule has 0 aliphatic rings. The number of aromatic carboxylic acids is 1. The summed E-state index contributed by atoms with van der Waals surface area (Å²) >= 11 is 5.52. The van der Waals surface area contributed by atoms with Crippen LogP contribution >= 0.6 is 11.6 Å². The van der Waals surface area contributed by atoms with E-state index in [1.807, 2.05) is 0 Å². The van der Waals surface area contributed by atoms with Gasteiger partial charge in [-0.2, -0.15) is 13.2 Å². The zero-order valence-corrected chi connectivity index (χ0v) is 8.47. The fraction of sp³-hybridized carbons (Fsp3) is 0.222. The normalized spacial score (nSPS) is 11.2. The molecule has 7 heteroatoms. The minimum atomic E-state index is -4.53. The highest BCUT2D eigenvalue weighted by molar-refractivity contribution is 6.30. The van der Waals surface area contributed by atoms with Crippen molar-refractivity contribution in [3.05, 3.63) is 28.8 Å². The zero-order valence-electron chi connectivity index (χ0n) is 7.71. The maximum absolute atomic E-state index is 11.9. The Bertz CT molecular complexity index is 403. The Morgan fingerprint density at radius 3 is 2.56 bits per heavy atom. The molecule has 1 aromatic rings. The first-order valence-corrected chi connectivity index (χ1v) is 4.40. The third-order valence-corrected chi connectivity index (χ3v) is 1.80. The molecule has 0 aromatic heterocycles. The molecule has 1 N–H and O–H groups in total. The standard InChI is InChI=1S/C9H6ClF3O3/c10-5-1-2-6(8(14)15)7(3-5)16-4-9(11,12)13/h1-3H,4H2,(H,14,15). The highest BCUT2D eigenvalue weighted by Gasteiger charge is 2.29. The number of ether oxygens (including phenoxy) is 1. The first-order chi connectivity index (χ1) is 7.29. The van der Waals surface area contributed by atoms with Gasteiger partial charge in [-0.1, -0.05) is 11.6 Å². The summed E-state index contributed by atoms with van der Waals surface area (Å²) in [5.41, 5.74) is -0.367. The average molecular weight is 255 g/mol. The van der Waals surface area contributed by atoms with Gasteiger partial charge in [0.15, 0.2) is 6.61 Å². The van der Waals surface area contributed by atoms with Crippen LogP contribution < -0.4 is 4.74 Å². The van der Waals surface area contributed by atoms with E-state index in [2.05, 4.69) is 4.74 Å². The largest absolute Gasteiger partial charge is 0.483 e. The van der Waals surface area contributed by atoms with E-state index in [0.717, 1.165) is 12.1 Å². The first kappa shape index (κ1) is 12.6. The molecule has 0 saturated carbocycles. The Hall–Kier alpha value is -1.43. The maximum Gasteiger partial charge on any atom is 0.422 e. The van der Waals surface area contributed by atoms with E-state index in [1.54, 1.807) is 0 Å². The molecule has 0 amide bonds. The average Bonchev–Trinajstić information content (AvgIpc) is 2.13. The van der Waals surface area contributed by atoms with E-state index in [-0.39, 0.29) is 10.6 Å². The van der Waals surface area contributed by atoms with E-state index < -0.39 is 24.5 Å². The van der Waals surface area contributed by atoms with Gasteiger partial charge >= 0.3 is 12.1 Å². The summed E-state index contributed by atoms with van der Waals surface area (Å²) in [5.74, 6) is -1.79. The maximum atomic E-state index is 11.9. The van der Waals surface area contributed by atoms with Gasteiger partial charge in [0.25, 0.3) is 0 Å². The molecule has 0 fully saturated rings. The molecule has 0 atom stereocenters. The topological polar surface area (TPSA) is 46.5 Å². The number of hydrogen-bond acceptors (Lipinski definition) is 2. The molecule has 16 heavy (non-hydrogen) atoms. The Morgan fingerprint density at radius 2 is 2.06 bits per heavy atom. The highest BCUT2D eigenvalue weighted by atomic mass is 35.5. The van der Waals surface area contributed by atoms with Crippen LogP contribution in [0.4, 0.5) is 13.2 Å². The monoisotopic (exact) mass is 254 g/mol. The molecule has 0 spiro atoms. The summed E-state index contributed by atoms with van der Waals surface area (Å²) in [6.07, 6.45) is -4.53. The summed E-state index contributed by atoms with van der Waals surface area (Å²) < 4.78 is 40.0. The second-order valence-electron chi connectivity index (χ2n) is 2.85. The van der Waals surface area contributed by atoms with Crippen LogP contribution in [0.25, 0.3) is 0 Å². The van der Waals surface area contributed by atoms with Crippen LogP contribution in [0.2, 0.25) is 5.02 Å². The van der Waals surface area contributed by atoms with Crippen LogP contribution in [-0.4, -0.2) is 23.9 Å². The van der Waals surface area contributed by atoms with E-state index >= 15 is 0 Å². The van der Waals surface area contributed by atoms with Crippen molar-refractivity contribution in [3.63, 3.8) is 0 Å². The smallest absolute Gasteiger partial charge is 0.422 e. The predicted octanol–water partition coefficient (Wildman–Crippen LogP) is 2.98. The SMILES string of the molecule is O=C(O)c1ccc(Cl)cc1OCC(F)(F)F. The first-order valence-electron chi connectivity index (χ1n) is 4.02. The van der Waals surface area contributed by atoms with Crippen LogP contribution in [0.15, 0.2) is 18.2 Å². The molecule has 1 rings (SSSR count).